The molecular weight excluding hydrogens is 201 g/mol. The number of hydrogen-bond donors (Lipinski definition) is 1. The standard InChI is InChI=1S/C10H8FNOS/c11-8-1-2-9(12-5-8)10(13)7-3-4-14-6-7/h1-6,10,13H. The minimum Gasteiger partial charge on any atom is -0.382 e. The van der Waals surface area contributed by atoms with E-state index in [1.807, 2.05) is 16.8 Å². The summed E-state index contributed by atoms with van der Waals surface area (Å²) in [7, 11) is 0. The molecule has 0 aromatic carbocycles. The van der Waals surface area contributed by atoms with Gasteiger partial charge in [-0.1, -0.05) is 0 Å². The highest BCUT2D eigenvalue weighted by atomic mass is 32.1. The molecule has 1 atom stereocenters. The maximum absolute atomic E-state index is 12.6. The number of thiophene rings is 1. The molecule has 0 aliphatic heterocycles. The molecule has 1 unspecified atom stereocenters. The fourth-order valence-corrected chi connectivity index (χ4v) is 1.83. The molecule has 0 radical (unpaired) electrons. The Hall–Kier alpha value is -1.26. The Bertz CT molecular complexity index is 399. The molecule has 0 aliphatic carbocycles. The molecule has 0 aliphatic rings. The van der Waals surface area contributed by atoms with Gasteiger partial charge in [-0.15, -0.1) is 0 Å². The zero-order valence-electron chi connectivity index (χ0n) is 7.22. The van der Waals surface area contributed by atoms with Crippen LogP contribution in [-0.2, 0) is 0 Å². The van der Waals surface area contributed by atoms with Gasteiger partial charge in [0, 0.05) is 0 Å². The minimum absolute atomic E-state index is 0.397. The molecule has 72 valence electrons. The van der Waals surface area contributed by atoms with Crippen molar-refractivity contribution >= 4 is 11.3 Å². The normalized spacial score (nSPS) is 12.7. The Balaban J connectivity index is 2.28. The van der Waals surface area contributed by atoms with E-state index in [0.717, 1.165) is 11.8 Å². The Kier molecular flexibility index (Phi) is 2.56. The number of aliphatic hydroxyl groups excluding tert-OH is 1. The lowest BCUT2D eigenvalue weighted by atomic mass is 10.1. The van der Waals surface area contributed by atoms with Crippen LogP contribution in [0.25, 0.3) is 0 Å². The number of hydrogen-bond acceptors (Lipinski definition) is 3. The van der Waals surface area contributed by atoms with Gasteiger partial charge < -0.3 is 5.11 Å². The molecule has 2 nitrogen and oxygen atoms in total. The van der Waals surface area contributed by atoms with E-state index in [2.05, 4.69) is 4.98 Å². The summed E-state index contributed by atoms with van der Waals surface area (Å²) in [5.74, 6) is -0.397. The van der Waals surface area contributed by atoms with Gasteiger partial charge in [-0.3, -0.25) is 4.98 Å². The molecule has 2 heterocycles. The predicted molar refractivity (Wildman–Crippen MR) is 52.6 cm³/mol. The highest BCUT2D eigenvalue weighted by Gasteiger charge is 2.11. The molecule has 0 fully saturated rings. The summed E-state index contributed by atoms with van der Waals surface area (Å²) in [5.41, 5.74) is 1.25. The summed E-state index contributed by atoms with van der Waals surface area (Å²) in [4.78, 5) is 3.81. The first-order valence-electron chi connectivity index (χ1n) is 4.09. The van der Waals surface area contributed by atoms with Crippen LogP contribution in [0.5, 0.6) is 0 Å². The molecule has 2 rings (SSSR count). The number of rotatable bonds is 2. The van der Waals surface area contributed by atoms with Crippen LogP contribution < -0.4 is 0 Å². The Morgan fingerprint density at radius 2 is 2.21 bits per heavy atom. The second-order valence-corrected chi connectivity index (χ2v) is 3.64. The number of pyridine rings is 1. The highest BCUT2D eigenvalue weighted by molar-refractivity contribution is 7.07. The average Bonchev–Trinajstić information content (AvgIpc) is 2.71. The second kappa shape index (κ2) is 3.86. The Morgan fingerprint density at radius 1 is 1.36 bits per heavy atom. The maximum Gasteiger partial charge on any atom is 0.141 e. The van der Waals surface area contributed by atoms with Crippen molar-refractivity contribution in [2.75, 3.05) is 0 Å². The molecule has 0 amide bonds. The van der Waals surface area contributed by atoms with Crippen LogP contribution in [-0.4, -0.2) is 10.1 Å². The third-order valence-corrected chi connectivity index (χ3v) is 2.59. The van der Waals surface area contributed by atoms with Crippen molar-refractivity contribution in [3.8, 4) is 0 Å². The van der Waals surface area contributed by atoms with Crippen LogP contribution in [0.2, 0.25) is 0 Å². The Labute approximate surface area is 84.7 Å². The summed E-state index contributed by atoms with van der Waals surface area (Å²) >= 11 is 1.50. The van der Waals surface area contributed by atoms with Crippen molar-refractivity contribution in [1.82, 2.24) is 4.98 Å². The van der Waals surface area contributed by atoms with Gasteiger partial charge in [0.2, 0.25) is 0 Å². The smallest absolute Gasteiger partial charge is 0.141 e. The number of halogens is 1. The third kappa shape index (κ3) is 1.81. The molecule has 0 bridgehead atoms. The fourth-order valence-electron chi connectivity index (χ4n) is 1.15. The quantitative estimate of drug-likeness (QED) is 0.823. The zero-order chi connectivity index (χ0) is 9.97. The molecule has 14 heavy (non-hydrogen) atoms. The fraction of sp³-hybridized carbons (Fsp3) is 0.100. The topological polar surface area (TPSA) is 33.1 Å². The van der Waals surface area contributed by atoms with E-state index in [1.165, 1.54) is 23.5 Å². The first-order chi connectivity index (χ1) is 6.77. The van der Waals surface area contributed by atoms with Crippen molar-refractivity contribution in [3.63, 3.8) is 0 Å². The highest BCUT2D eigenvalue weighted by Crippen LogP contribution is 2.21. The van der Waals surface area contributed by atoms with E-state index >= 15 is 0 Å². The first-order valence-corrected chi connectivity index (χ1v) is 5.03. The average molecular weight is 209 g/mol. The van der Waals surface area contributed by atoms with Gasteiger partial charge in [0.25, 0.3) is 0 Å². The summed E-state index contributed by atoms with van der Waals surface area (Å²) in [6.07, 6.45) is 0.340. The number of aromatic nitrogens is 1. The van der Waals surface area contributed by atoms with E-state index in [0.29, 0.717) is 5.69 Å². The monoisotopic (exact) mass is 209 g/mol. The minimum atomic E-state index is -0.762. The van der Waals surface area contributed by atoms with E-state index < -0.39 is 11.9 Å². The Morgan fingerprint density at radius 3 is 2.79 bits per heavy atom. The van der Waals surface area contributed by atoms with Crippen molar-refractivity contribution in [2.45, 2.75) is 6.10 Å². The van der Waals surface area contributed by atoms with E-state index in [9.17, 15) is 9.50 Å². The van der Waals surface area contributed by atoms with Crippen molar-refractivity contribution in [3.05, 3.63) is 52.2 Å². The van der Waals surface area contributed by atoms with Crippen molar-refractivity contribution < 1.29 is 9.50 Å². The number of aliphatic hydroxyl groups is 1. The van der Waals surface area contributed by atoms with Crippen LogP contribution in [0.1, 0.15) is 17.4 Å². The molecule has 1 N–H and O–H groups in total. The first kappa shape index (κ1) is 9.30. The molecule has 4 heteroatoms. The van der Waals surface area contributed by atoms with E-state index in [4.69, 9.17) is 0 Å². The molecule has 0 saturated heterocycles. The van der Waals surface area contributed by atoms with Crippen molar-refractivity contribution in [1.29, 1.82) is 0 Å². The van der Waals surface area contributed by atoms with E-state index in [1.54, 1.807) is 0 Å². The maximum atomic E-state index is 12.6. The second-order valence-electron chi connectivity index (χ2n) is 2.86. The van der Waals surface area contributed by atoms with Gasteiger partial charge in [-0.05, 0) is 34.5 Å². The summed E-state index contributed by atoms with van der Waals surface area (Å²) in [6, 6.07) is 4.59. The van der Waals surface area contributed by atoms with Crippen molar-refractivity contribution in [2.24, 2.45) is 0 Å². The van der Waals surface area contributed by atoms with Gasteiger partial charge in [0.1, 0.15) is 11.9 Å². The lowest BCUT2D eigenvalue weighted by Crippen LogP contribution is -2.00. The lowest BCUT2D eigenvalue weighted by Gasteiger charge is -2.07. The molecule has 2 aromatic heterocycles. The third-order valence-electron chi connectivity index (χ3n) is 1.89. The summed E-state index contributed by atoms with van der Waals surface area (Å²) < 4.78 is 12.6. The zero-order valence-corrected chi connectivity index (χ0v) is 8.04. The van der Waals surface area contributed by atoms with Gasteiger partial charge in [-0.2, -0.15) is 11.3 Å². The largest absolute Gasteiger partial charge is 0.382 e. The molecular formula is C10H8FNOS. The molecule has 2 aromatic rings. The van der Waals surface area contributed by atoms with E-state index in [-0.39, 0.29) is 0 Å². The van der Waals surface area contributed by atoms with Gasteiger partial charge in [0.05, 0.1) is 11.9 Å². The van der Waals surface area contributed by atoms with Crippen LogP contribution in [0.3, 0.4) is 0 Å². The van der Waals surface area contributed by atoms with Crippen LogP contribution >= 0.6 is 11.3 Å². The van der Waals surface area contributed by atoms with Crippen LogP contribution in [0.15, 0.2) is 35.2 Å². The number of nitrogens with zero attached hydrogens (tertiary/aromatic N) is 1. The van der Waals surface area contributed by atoms with Gasteiger partial charge in [-0.25, -0.2) is 4.39 Å². The van der Waals surface area contributed by atoms with Crippen LogP contribution in [0.4, 0.5) is 4.39 Å². The molecule has 0 saturated carbocycles. The lowest BCUT2D eigenvalue weighted by molar-refractivity contribution is 0.215. The summed E-state index contributed by atoms with van der Waals surface area (Å²) in [5, 5.41) is 13.5. The van der Waals surface area contributed by atoms with Crippen LogP contribution in [0, 0.1) is 5.82 Å². The van der Waals surface area contributed by atoms with Gasteiger partial charge >= 0.3 is 0 Å². The van der Waals surface area contributed by atoms with Gasteiger partial charge in [0.15, 0.2) is 0 Å². The SMILES string of the molecule is OC(c1ccsc1)c1ccc(F)cn1. The molecule has 0 spiro atoms. The predicted octanol–water partition coefficient (Wildman–Crippen LogP) is 2.36. The summed E-state index contributed by atoms with van der Waals surface area (Å²) in [6.45, 7) is 0.